The third-order valence-electron chi connectivity index (χ3n) is 14.9. The van der Waals surface area contributed by atoms with Gasteiger partial charge >= 0.3 is 0 Å². The molecule has 286 valence electrons. The van der Waals surface area contributed by atoms with Crippen molar-refractivity contribution in [2.75, 3.05) is 0 Å². The lowest BCUT2D eigenvalue weighted by atomic mass is 9.82. The zero-order valence-corrected chi connectivity index (χ0v) is 34.3. The SMILES string of the molecule is CC1(C)c2ccccc2-c2ccc(-n3c4cc(-c5cc6ccc7cccc8ccc(c5)c6c78)cc5ccc6cc(-c7cc8ccc9cccc%10ccc(c7)c8c9%10)cc3c6c54)cc21. The van der Waals surface area contributed by atoms with Crippen molar-refractivity contribution in [3.8, 4) is 39.1 Å². The molecule has 0 atom stereocenters. The third-order valence-corrected chi connectivity index (χ3v) is 14.9. The zero-order valence-electron chi connectivity index (χ0n) is 34.3. The molecular formula is C61H37N. The molecule has 1 aliphatic rings. The number of aromatic nitrogens is 1. The van der Waals surface area contributed by atoms with E-state index < -0.39 is 0 Å². The van der Waals surface area contributed by atoms with Crippen molar-refractivity contribution in [1.29, 1.82) is 0 Å². The van der Waals surface area contributed by atoms with Crippen LogP contribution < -0.4 is 0 Å². The van der Waals surface area contributed by atoms with Crippen molar-refractivity contribution >= 4 is 97.2 Å². The molecule has 0 saturated carbocycles. The number of hydrogen-bond acceptors (Lipinski definition) is 0. The molecule has 1 heteroatoms. The van der Waals surface area contributed by atoms with E-state index in [9.17, 15) is 0 Å². The van der Waals surface area contributed by atoms with Gasteiger partial charge < -0.3 is 4.57 Å². The van der Waals surface area contributed by atoms with Crippen LogP contribution >= 0.6 is 0 Å². The first-order chi connectivity index (χ1) is 30.4. The molecule has 0 N–H and O–H groups in total. The molecule has 0 aliphatic heterocycles. The molecule has 1 aromatic heterocycles. The minimum Gasteiger partial charge on any atom is -0.309 e. The van der Waals surface area contributed by atoms with E-state index >= 15 is 0 Å². The van der Waals surface area contributed by atoms with Crippen LogP contribution in [-0.2, 0) is 5.41 Å². The zero-order chi connectivity index (χ0) is 40.6. The summed E-state index contributed by atoms with van der Waals surface area (Å²) in [4.78, 5) is 0. The van der Waals surface area contributed by atoms with Crippen molar-refractivity contribution in [2.24, 2.45) is 0 Å². The number of nitrogens with zero attached hydrogens (tertiary/aromatic N) is 1. The molecule has 0 radical (unpaired) electrons. The van der Waals surface area contributed by atoms with Gasteiger partial charge in [0.25, 0.3) is 0 Å². The highest BCUT2D eigenvalue weighted by molar-refractivity contribution is 6.28. The Balaban J connectivity index is 1.01. The summed E-state index contributed by atoms with van der Waals surface area (Å²) < 4.78 is 2.58. The Morgan fingerprint density at radius 1 is 0.290 bits per heavy atom. The molecule has 14 aromatic rings. The lowest BCUT2D eigenvalue weighted by Gasteiger charge is -2.22. The molecule has 62 heavy (non-hydrogen) atoms. The van der Waals surface area contributed by atoms with E-state index in [0.29, 0.717) is 0 Å². The van der Waals surface area contributed by atoms with E-state index in [4.69, 9.17) is 0 Å². The first kappa shape index (κ1) is 33.0. The Labute approximate surface area is 357 Å². The number of fused-ring (bicyclic) bond motifs is 3. The Hall–Kier alpha value is -7.74. The molecule has 0 fully saturated rings. The summed E-state index contributed by atoms with van der Waals surface area (Å²) >= 11 is 0. The molecule has 0 bridgehead atoms. The Kier molecular flexibility index (Phi) is 6.04. The van der Waals surface area contributed by atoms with Crippen LogP contribution in [0.5, 0.6) is 0 Å². The summed E-state index contributed by atoms with van der Waals surface area (Å²) in [5.74, 6) is 0. The largest absolute Gasteiger partial charge is 0.309 e. The fourth-order valence-electron chi connectivity index (χ4n) is 12.1. The Bertz CT molecular complexity index is 3890. The van der Waals surface area contributed by atoms with Crippen LogP contribution in [0.15, 0.2) is 188 Å². The maximum Gasteiger partial charge on any atom is 0.0553 e. The molecule has 0 saturated heterocycles. The monoisotopic (exact) mass is 783 g/mol. The van der Waals surface area contributed by atoms with Crippen molar-refractivity contribution in [1.82, 2.24) is 4.57 Å². The lowest BCUT2D eigenvalue weighted by Crippen LogP contribution is -2.15. The van der Waals surface area contributed by atoms with E-state index in [1.807, 2.05) is 0 Å². The fraction of sp³-hybridized carbons (Fsp3) is 0.0492. The lowest BCUT2D eigenvalue weighted by molar-refractivity contribution is 0.660. The second kappa shape index (κ2) is 11.3. The van der Waals surface area contributed by atoms with Gasteiger partial charge in [0.2, 0.25) is 0 Å². The predicted molar refractivity (Wildman–Crippen MR) is 265 cm³/mol. The molecular weight excluding hydrogens is 747 g/mol. The summed E-state index contributed by atoms with van der Waals surface area (Å²) in [5, 5.41) is 20.9. The fourth-order valence-corrected chi connectivity index (χ4v) is 12.1. The summed E-state index contributed by atoms with van der Waals surface area (Å²) in [6.07, 6.45) is 0. The third kappa shape index (κ3) is 4.18. The quantitative estimate of drug-likeness (QED) is 0.157. The van der Waals surface area contributed by atoms with Crippen LogP contribution in [0.1, 0.15) is 25.0 Å². The van der Waals surface area contributed by atoms with Crippen LogP contribution in [0, 0.1) is 0 Å². The molecule has 0 unspecified atom stereocenters. The van der Waals surface area contributed by atoms with Gasteiger partial charge in [-0.3, -0.25) is 0 Å². The molecule has 0 amide bonds. The standard InChI is InChI=1S/C61H37N/c1-61(2)51-12-4-3-11-49(51)50-24-23-48(33-52(50)61)62-53-31-46(44-25-38-17-13-34-7-5-8-35-14-18-39(26-44)57(38)55(34)35)29-42-21-22-43-30-47(32-54(62)60(43)59(42)53)45-27-40-19-15-36-9-6-10-37-16-20-41(28-45)58(40)56(36)37/h3-33H,1-2H3. The summed E-state index contributed by atoms with van der Waals surface area (Å²) in [6.45, 7) is 4.77. The normalized spacial score (nSPS) is 13.8. The van der Waals surface area contributed by atoms with E-state index in [-0.39, 0.29) is 5.41 Å². The van der Waals surface area contributed by atoms with Crippen molar-refractivity contribution in [3.63, 3.8) is 0 Å². The van der Waals surface area contributed by atoms with Crippen LogP contribution in [0.2, 0.25) is 0 Å². The molecule has 1 heterocycles. The maximum absolute atomic E-state index is 2.58. The van der Waals surface area contributed by atoms with Crippen molar-refractivity contribution < 1.29 is 0 Å². The van der Waals surface area contributed by atoms with Gasteiger partial charge in [-0.05, 0) is 181 Å². The number of benzene rings is 13. The van der Waals surface area contributed by atoms with Crippen LogP contribution in [-0.4, -0.2) is 4.57 Å². The summed E-state index contributed by atoms with van der Waals surface area (Å²) in [6, 6.07) is 72.0. The first-order valence-electron chi connectivity index (χ1n) is 21.9. The Morgan fingerprint density at radius 3 is 1.13 bits per heavy atom. The first-order valence-corrected chi connectivity index (χ1v) is 21.9. The average Bonchev–Trinajstić information content (AvgIpc) is 3.77. The Morgan fingerprint density at radius 2 is 0.661 bits per heavy atom. The molecule has 0 spiro atoms. The highest BCUT2D eigenvalue weighted by Crippen LogP contribution is 2.51. The van der Waals surface area contributed by atoms with E-state index in [1.54, 1.807) is 0 Å². The van der Waals surface area contributed by atoms with Gasteiger partial charge in [-0.1, -0.05) is 141 Å². The highest BCUT2D eigenvalue weighted by atomic mass is 15.0. The molecule has 1 nitrogen and oxygen atoms in total. The summed E-state index contributed by atoms with van der Waals surface area (Å²) in [5.41, 5.74) is 14.0. The topological polar surface area (TPSA) is 4.93 Å². The summed E-state index contributed by atoms with van der Waals surface area (Å²) in [7, 11) is 0. The van der Waals surface area contributed by atoms with Gasteiger partial charge in [0.1, 0.15) is 0 Å². The molecule has 13 aromatic carbocycles. The average molecular weight is 784 g/mol. The number of hydrogen-bond donors (Lipinski definition) is 0. The minimum atomic E-state index is -0.114. The second-order valence-electron chi connectivity index (χ2n) is 18.5. The smallest absolute Gasteiger partial charge is 0.0553 e. The van der Waals surface area contributed by atoms with Gasteiger partial charge in [0.05, 0.1) is 11.0 Å². The van der Waals surface area contributed by atoms with E-state index in [2.05, 4.69) is 206 Å². The van der Waals surface area contributed by atoms with Gasteiger partial charge in [-0.25, -0.2) is 0 Å². The van der Waals surface area contributed by atoms with Gasteiger partial charge in [-0.15, -0.1) is 0 Å². The second-order valence-corrected chi connectivity index (χ2v) is 18.5. The minimum absolute atomic E-state index is 0.114. The van der Waals surface area contributed by atoms with E-state index in [1.165, 1.54) is 147 Å². The number of rotatable bonds is 3. The van der Waals surface area contributed by atoms with Crippen LogP contribution in [0.3, 0.4) is 0 Å². The molecule has 1 aliphatic carbocycles. The highest BCUT2D eigenvalue weighted by Gasteiger charge is 2.35. The van der Waals surface area contributed by atoms with Crippen LogP contribution in [0.4, 0.5) is 0 Å². The van der Waals surface area contributed by atoms with Crippen LogP contribution in [0.25, 0.3) is 136 Å². The molecule has 15 rings (SSSR count). The van der Waals surface area contributed by atoms with Crippen molar-refractivity contribution in [3.05, 3.63) is 199 Å². The van der Waals surface area contributed by atoms with Gasteiger partial charge in [0, 0.05) is 21.9 Å². The maximum atomic E-state index is 2.58. The van der Waals surface area contributed by atoms with Gasteiger partial charge in [0.15, 0.2) is 0 Å². The van der Waals surface area contributed by atoms with Crippen molar-refractivity contribution in [2.45, 2.75) is 19.3 Å². The predicted octanol–water partition coefficient (Wildman–Crippen LogP) is 16.8. The van der Waals surface area contributed by atoms with E-state index in [0.717, 1.165) is 0 Å². The van der Waals surface area contributed by atoms with Gasteiger partial charge in [-0.2, -0.15) is 0 Å².